The summed E-state index contributed by atoms with van der Waals surface area (Å²) in [6.45, 7) is 2.56. The number of piperazine rings is 1. The summed E-state index contributed by atoms with van der Waals surface area (Å²) in [7, 11) is -3.75. The number of carbonyl (C=O) groups excluding carboxylic acids is 1. The van der Waals surface area contributed by atoms with E-state index >= 15 is 0 Å². The highest BCUT2D eigenvalue weighted by molar-refractivity contribution is 7.92. The molecule has 1 saturated heterocycles. The van der Waals surface area contributed by atoms with Crippen LogP contribution in [0.3, 0.4) is 0 Å². The summed E-state index contributed by atoms with van der Waals surface area (Å²) in [5, 5.41) is 0.206. The zero-order valence-electron chi connectivity index (χ0n) is 20.7. The van der Waals surface area contributed by atoms with Crippen molar-refractivity contribution >= 4 is 33.2 Å². The van der Waals surface area contributed by atoms with Gasteiger partial charge in [0.1, 0.15) is 0 Å². The van der Waals surface area contributed by atoms with E-state index in [4.69, 9.17) is 11.6 Å². The average Bonchev–Trinajstić information content (AvgIpc) is 2.95. The Morgan fingerprint density at radius 3 is 1.79 bits per heavy atom. The van der Waals surface area contributed by atoms with Crippen molar-refractivity contribution in [1.29, 1.82) is 0 Å². The highest BCUT2D eigenvalue weighted by atomic mass is 35.5. The SMILES string of the molecule is O=C(c1ccc(NS(=O)(=O)c2ccccc2)cc1Cl)N1CCN(C(c2ccccc2)c2ccccc2)CC1. The second kappa shape index (κ2) is 11.4. The van der Waals surface area contributed by atoms with Crippen LogP contribution in [0.4, 0.5) is 5.69 Å². The lowest BCUT2D eigenvalue weighted by Crippen LogP contribution is -2.49. The Bertz CT molecular complexity index is 1450. The smallest absolute Gasteiger partial charge is 0.261 e. The number of anilines is 1. The molecule has 1 heterocycles. The van der Waals surface area contributed by atoms with E-state index in [0.29, 0.717) is 37.4 Å². The van der Waals surface area contributed by atoms with Gasteiger partial charge >= 0.3 is 0 Å². The van der Waals surface area contributed by atoms with Crippen molar-refractivity contribution < 1.29 is 13.2 Å². The minimum absolute atomic E-state index is 0.107. The topological polar surface area (TPSA) is 69.7 Å². The van der Waals surface area contributed by atoms with E-state index in [1.54, 1.807) is 35.2 Å². The van der Waals surface area contributed by atoms with Crippen molar-refractivity contribution in [2.45, 2.75) is 10.9 Å². The first-order valence-corrected chi connectivity index (χ1v) is 14.3. The average molecular weight is 546 g/mol. The lowest BCUT2D eigenvalue weighted by Gasteiger charge is -2.40. The molecule has 0 atom stereocenters. The molecule has 0 saturated carbocycles. The zero-order valence-corrected chi connectivity index (χ0v) is 22.3. The number of hydrogen-bond donors (Lipinski definition) is 1. The molecular formula is C30H28ClN3O3S. The molecule has 6 nitrogen and oxygen atoms in total. The Morgan fingerprint density at radius 1 is 0.737 bits per heavy atom. The van der Waals surface area contributed by atoms with Gasteiger partial charge in [-0.15, -0.1) is 0 Å². The van der Waals surface area contributed by atoms with Gasteiger partial charge in [0.15, 0.2) is 0 Å². The molecule has 8 heteroatoms. The fourth-order valence-corrected chi connectivity index (χ4v) is 6.14. The number of benzene rings is 4. The van der Waals surface area contributed by atoms with E-state index in [-0.39, 0.29) is 21.9 Å². The van der Waals surface area contributed by atoms with Crippen molar-refractivity contribution in [2.75, 3.05) is 30.9 Å². The normalized spacial score (nSPS) is 14.4. The molecule has 1 N–H and O–H groups in total. The number of amides is 1. The van der Waals surface area contributed by atoms with Crippen LogP contribution in [-0.2, 0) is 10.0 Å². The number of hydrogen-bond acceptors (Lipinski definition) is 4. The Morgan fingerprint density at radius 2 is 1.26 bits per heavy atom. The standard InChI is InChI=1S/C30H28ClN3O3S/c31-28-22-25(32-38(36,37)26-14-8-3-9-15-26)16-17-27(28)30(35)34-20-18-33(19-21-34)29(23-10-4-1-5-11-23)24-12-6-2-7-13-24/h1-17,22,29,32H,18-21H2. The van der Waals surface area contributed by atoms with Gasteiger partial charge in [-0.05, 0) is 41.5 Å². The van der Waals surface area contributed by atoms with Gasteiger partial charge in [-0.1, -0.05) is 90.5 Å². The quantitative estimate of drug-likeness (QED) is 0.324. The van der Waals surface area contributed by atoms with E-state index in [0.717, 1.165) is 0 Å². The fourth-order valence-electron chi connectivity index (χ4n) is 4.80. The van der Waals surface area contributed by atoms with E-state index in [2.05, 4.69) is 58.2 Å². The lowest BCUT2D eigenvalue weighted by molar-refractivity contribution is 0.0597. The van der Waals surface area contributed by atoms with E-state index in [9.17, 15) is 13.2 Å². The maximum absolute atomic E-state index is 13.3. The third-order valence-electron chi connectivity index (χ3n) is 6.70. The van der Waals surface area contributed by atoms with E-state index in [1.165, 1.54) is 29.3 Å². The van der Waals surface area contributed by atoms with Crippen LogP contribution in [0, 0.1) is 0 Å². The van der Waals surface area contributed by atoms with Crippen LogP contribution in [0.15, 0.2) is 114 Å². The van der Waals surface area contributed by atoms with Crippen LogP contribution < -0.4 is 4.72 Å². The summed E-state index contributed by atoms with van der Waals surface area (Å²) in [5.74, 6) is -0.164. The maximum Gasteiger partial charge on any atom is 0.261 e. The van der Waals surface area contributed by atoms with Gasteiger partial charge in [-0.2, -0.15) is 0 Å². The first-order chi connectivity index (χ1) is 18.4. The second-order valence-electron chi connectivity index (χ2n) is 9.17. The van der Waals surface area contributed by atoms with Crippen LogP contribution in [0.25, 0.3) is 0 Å². The number of rotatable bonds is 7. The monoisotopic (exact) mass is 545 g/mol. The zero-order chi connectivity index (χ0) is 26.5. The van der Waals surface area contributed by atoms with Gasteiger partial charge in [0.2, 0.25) is 0 Å². The summed E-state index contributed by atoms with van der Waals surface area (Å²) in [6, 6.07) is 33.6. The van der Waals surface area contributed by atoms with Crippen molar-refractivity contribution in [3.63, 3.8) is 0 Å². The van der Waals surface area contributed by atoms with Crippen molar-refractivity contribution in [3.05, 3.63) is 131 Å². The Hall–Kier alpha value is -3.65. The molecule has 5 rings (SSSR count). The number of carbonyl (C=O) groups is 1. The van der Waals surface area contributed by atoms with Gasteiger partial charge in [0.25, 0.3) is 15.9 Å². The Balaban J connectivity index is 1.28. The van der Waals surface area contributed by atoms with Gasteiger partial charge in [-0.3, -0.25) is 14.4 Å². The summed E-state index contributed by atoms with van der Waals surface area (Å²) in [5.41, 5.74) is 3.09. The van der Waals surface area contributed by atoms with E-state index < -0.39 is 10.0 Å². The van der Waals surface area contributed by atoms with Crippen LogP contribution >= 0.6 is 11.6 Å². The maximum atomic E-state index is 13.3. The third kappa shape index (κ3) is 5.75. The lowest BCUT2D eigenvalue weighted by atomic mass is 9.96. The largest absolute Gasteiger partial charge is 0.336 e. The molecule has 0 bridgehead atoms. The van der Waals surface area contributed by atoms with Gasteiger partial charge in [-0.25, -0.2) is 8.42 Å². The van der Waals surface area contributed by atoms with Gasteiger partial charge in [0.05, 0.1) is 27.2 Å². The van der Waals surface area contributed by atoms with Gasteiger partial charge < -0.3 is 4.90 Å². The molecule has 0 aliphatic carbocycles. The molecule has 0 spiro atoms. The van der Waals surface area contributed by atoms with Crippen LogP contribution in [0.1, 0.15) is 27.5 Å². The number of sulfonamides is 1. The highest BCUT2D eigenvalue weighted by Gasteiger charge is 2.29. The molecule has 0 radical (unpaired) electrons. The minimum atomic E-state index is -3.75. The molecule has 1 aliphatic heterocycles. The first kappa shape index (κ1) is 26.0. The van der Waals surface area contributed by atoms with Crippen molar-refractivity contribution in [2.24, 2.45) is 0 Å². The fraction of sp³-hybridized carbons (Fsp3) is 0.167. The number of halogens is 1. The molecule has 1 fully saturated rings. The van der Waals surface area contributed by atoms with Crippen LogP contribution in [-0.4, -0.2) is 50.3 Å². The van der Waals surface area contributed by atoms with Crippen LogP contribution in [0.5, 0.6) is 0 Å². The number of nitrogens with one attached hydrogen (secondary N) is 1. The first-order valence-electron chi connectivity index (χ1n) is 12.4. The Kier molecular flexibility index (Phi) is 7.79. The second-order valence-corrected chi connectivity index (χ2v) is 11.3. The van der Waals surface area contributed by atoms with Crippen molar-refractivity contribution in [1.82, 2.24) is 9.80 Å². The van der Waals surface area contributed by atoms with Crippen LogP contribution in [0.2, 0.25) is 5.02 Å². The predicted octanol–water partition coefficient (Wildman–Crippen LogP) is 5.69. The third-order valence-corrected chi connectivity index (χ3v) is 8.41. The molecule has 4 aromatic rings. The molecular weight excluding hydrogens is 518 g/mol. The number of nitrogens with zero attached hydrogens (tertiary/aromatic N) is 2. The molecule has 194 valence electrons. The van der Waals surface area contributed by atoms with E-state index in [1.807, 2.05) is 12.1 Å². The minimum Gasteiger partial charge on any atom is -0.336 e. The molecule has 1 aliphatic rings. The van der Waals surface area contributed by atoms with Crippen molar-refractivity contribution in [3.8, 4) is 0 Å². The summed E-state index contributed by atoms with van der Waals surface area (Å²) < 4.78 is 27.8. The molecule has 38 heavy (non-hydrogen) atoms. The molecule has 4 aromatic carbocycles. The highest BCUT2D eigenvalue weighted by Crippen LogP contribution is 2.30. The summed E-state index contributed by atoms with van der Waals surface area (Å²) in [6.07, 6.45) is 0. The Labute approximate surface area is 228 Å². The molecule has 0 unspecified atom stereocenters. The summed E-state index contributed by atoms with van der Waals surface area (Å²) in [4.78, 5) is 17.7. The summed E-state index contributed by atoms with van der Waals surface area (Å²) >= 11 is 6.46. The molecule has 0 aromatic heterocycles. The molecule has 1 amide bonds. The predicted molar refractivity (Wildman–Crippen MR) is 151 cm³/mol. The van der Waals surface area contributed by atoms with Gasteiger partial charge in [0, 0.05) is 26.2 Å².